The number of nitrogens with zero attached hydrogens (tertiary/aromatic N) is 5. The molecule has 2 aliphatic heterocycles. The van der Waals surface area contributed by atoms with Crippen LogP contribution in [0.25, 0.3) is 5.69 Å². The molecular formula is C27H29N5O4. The van der Waals surface area contributed by atoms with Crippen LogP contribution in [-0.4, -0.2) is 65.3 Å². The molecule has 0 unspecified atom stereocenters. The summed E-state index contributed by atoms with van der Waals surface area (Å²) in [6.07, 6.45) is 0.115. The smallest absolute Gasteiger partial charge is 0.271 e. The Hall–Kier alpha value is -4.14. The van der Waals surface area contributed by atoms with Crippen molar-refractivity contribution in [3.05, 3.63) is 76.6 Å². The summed E-state index contributed by atoms with van der Waals surface area (Å²) >= 11 is 0. The third-order valence-electron chi connectivity index (χ3n) is 6.60. The molecule has 1 saturated heterocycles. The number of fused-ring (bicyclic) bond motifs is 1. The number of anilines is 2. The number of hydrogen-bond acceptors (Lipinski definition) is 6. The number of carbonyl (C=O) groups excluding carboxylic acids is 2. The van der Waals surface area contributed by atoms with Gasteiger partial charge in [-0.15, -0.1) is 5.10 Å². The van der Waals surface area contributed by atoms with Gasteiger partial charge in [-0.05, 0) is 50.6 Å². The molecule has 1 atom stereocenters. The van der Waals surface area contributed by atoms with Crippen LogP contribution in [0.15, 0.2) is 65.5 Å². The summed E-state index contributed by atoms with van der Waals surface area (Å²) < 4.78 is 7.09. The molecule has 36 heavy (non-hydrogen) atoms. The molecule has 0 aliphatic carbocycles. The second-order valence-corrected chi connectivity index (χ2v) is 9.15. The molecule has 1 aromatic heterocycles. The third kappa shape index (κ3) is 4.68. The second-order valence-electron chi connectivity index (χ2n) is 9.15. The topological polar surface area (TPSA) is 88.0 Å². The highest BCUT2D eigenvalue weighted by molar-refractivity contribution is 6.03. The summed E-state index contributed by atoms with van der Waals surface area (Å²) in [5, 5.41) is 4.60. The highest BCUT2D eigenvalue weighted by Gasteiger charge is 2.33. The van der Waals surface area contributed by atoms with Gasteiger partial charge in [0.05, 0.1) is 11.4 Å². The molecule has 0 saturated carbocycles. The van der Waals surface area contributed by atoms with Gasteiger partial charge in [-0.3, -0.25) is 19.3 Å². The van der Waals surface area contributed by atoms with Crippen molar-refractivity contribution in [2.45, 2.75) is 26.4 Å². The maximum absolute atomic E-state index is 13.2. The van der Waals surface area contributed by atoms with Crippen molar-refractivity contribution in [3.8, 4) is 11.4 Å². The van der Waals surface area contributed by atoms with Crippen molar-refractivity contribution in [1.82, 2.24) is 14.7 Å². The Balaban J connectivity index is 1.29. The minimum Gasteiger partial charge on any atom is -0.479 e. The molecule has 3 heterocycles. The molecule has 2 amide bonds. The predicted octanol–water partition coefficient (Wildman–Crippen LogP) is 2.39. The van der Waals surface area contributed by atoms with Crippen molar-refractivity contribution in [3.63, 3.8) is 0 Å². The van der Waals surface area contributed by atoms with E-state index in [2.05, 4.69) is 10.00 Å². The van der Waals surface area contributed by atoms with Crippen LogP contribution < -0.4 is 20.1 Å². The maximum atomic E-state index is 13.2. The minimum absolute atomic E-state index is 0.0277. The van der Waals surface area contributed by atoms with E-state index in [1.807, 2.05) is 49.4 Å². The molecule has 9 nitrogen and oxygen atoms in total. The number of benzene rings is 2. The minimum atomic E-state index is -0.636. The molecule has 186 valence electrons. The summed E-state index contributed by atoms with van der Waals surface area (Å²) in [4.78, 5) is 43.9. The molecule has 1 fully saturated rings. The summed E-state index contributed by atoms with van der Waals surface area (Å²) in [5.74, 6) is 0.970. The van der Waals surface area contributed by atoms with E-state index in [9.17, 15) is 14.4 Å². The van der Waals surface area contributed by atoms with Gasteiger partial charge in [0.25, 0.3) is 11.5 Å². The first-order valence-electron chi connectivity index (χ1n) is 12.2. The Labute approximate surface area is 209 Å². The van der Waals surface area contributed by atoms with Crippen LogP contribution in [0.2, 0.25) is 0 Å². The number of amides is 2. The first-order valence-corrected chi connectivity index (χ1v) is 12.2. The Bertz CT molecular complexity index is 1340. The van der Waals surface area contributed by atoms with Gasteiger partial charge in [0.1, 0.15) is 18.1 Å². The fourth-order valence-electron chi connectivity index (χ4n) is 4.59. The molecule has 0 bridgehead atoms. The highest BCUT2D eigenvalue weighted by atomic mass is 16.5. The molecule has 2 aliphatic rings. The Morgan fingerprint density at radius 3 is 2.56 bits per heavy atom. The number of aryl methyl sites for hydroxylation is 1. The third-order valence-corrected chi connectivity index (χ3v) is 6.60. The van der Waals surface area contributed by atoms with E-state index < -0.39 is 6.10 Å². The monoisotopic (exact) mass is 487 g/mol. The van der Waals surface area contributed by atoms with Crippen molar-refractivity contribution < 1.29 is 14.3 Å². The van der Waals surface area contributed by atoms with E-state index in [-0.39, 0.29) is 23.9 Å². The van der Waals surface area contributed by atoms with Crippen LogP contribution in [0, 0.1) is 6.92 Å². The summed E-state index contributed by atoms with van der Waals surface area (Å²) in [5.41, 5.74) is 2.24. The number of aromatic nitrogens is 2. The molecule has 0 spiro atoms. The summed E-state index contributed by atoms with van der Waals surface area (Å²) in [7, 11) is 0. The number of carbonyl (C=O) groups is 2. The van der Waals surface area contributed by atoms with Gasteiger partial charge < -0.3 is 14.5 Å². The summed E-state index contributed by atoms with van der Waals surface area (Å²) in [6, 6.07) is 18.2. The fraction of sp³-hybridized carbons (Fsp3) is 0.333. The first-order chi connectivity index (χ1) is 17.4. The maximum Gasteiger partial charge on any atom is 0.271 e. The van der Waals surface area contributed by atoms with Crippen LogP contribution in [0.5, 0.6) is 5.75 Å². The standard InChI is InChI=1S/C27H29N5O4/c1-19-8-10-21(11-9-19)32-25(33)13-12-24(28-32)29-14-5-15-30(17-16-29)26(34)18-31-22-6-3-4-7-23(22)36-20(2)27(31)35/h3-4,6-13,20H,5,14-18H2,1-2H3/t20-/m0/s1. The Morgan fingerprint density at radius 1 is 0.972 bits per heavy atom. The van der Waals surface area contributed by atoms with E-state index in [0.29, 0.717) is 49.1 Å². The van der Waals surface area contributed by atoms with Crippen LogP contribution in [0.4, 0.5) is 11.5 Å². The molecular weight excluding hydrogens is 458 g/mol. The lowest BCUT2D eigenvalue weighted by atomic mass is 10.2. The molecule has 0 N–H and O–H groups in total. The SMILES string of the molecule is Cc1ccc(-n2nc(N3CCCN(C(=O)CN4C(=O)[C@H](C)Oc5ccccc54)CC3)ccc2=O)cc1. The zero-order valence-corrected chi connectivity index (χ0v) is 20.5. The lowest BCUT2D eigenvalue weighted by Crippen LogP contribution is -2.50. The summed E-state index contributed by atoms with van der Waals surface area (Å²) in [6.45, 7) is 6.04. The van der Waals surface area contributed by atoms with Gasteiger partial charge in [-0.2, -0.15) is 4.68 Å². The van der Waals surface area contributed by atoms with Gasteiger partial charge in [0, 0.05) is 32.2 Å². The van der Waals surface area contributed by atoms with Crippen molar-refractivity contribution in [2.24, 2.45) is 0 Å². The van der Waals surface area contributed by atoms with E-state index in [0.717, 1.165) is 12.0 Å². The number of rotatable bonds is 4. The molecule has 5 rings (SSSR count). The van der Waals surface area contributed by atoms with Crippen LogP contribution in [-0.2, 0) is 9.59 Å². The van der Waals surface area contributed by atoms with Gasteiger partial charge in [-0.1, -0.05) is 29.8 Å². The van der Waals surface area contributed by atoms with Gasteiger partial charge >= 0.3 is 0 Å². The van der Waals surface area contributed by atoms with Gasteiger partial charge in [0.2, 0.25) is 5.91 Å². The average molecular weight is 488 g/mol. The van der Waals surface area contributed by atoms with Crippen LogP contribution >= 0.6 is 0 Å². The van der Waals surface area contributed by atoms with Crippen LogP contribution in [0.1, 0.15) is 18.9 Å². The number of hydrogen-bond donors (Lipinski definition) is 0. The first kappa shape index (κ1) is 23.6. The number of ether oxygens (including phenoxy) is 1. The molecule has 0 radical (unpaired) electrons. The molecule has 3 aromatic rings. The van der Waals surface area contributed by atoms with Gasteiger partial charge in [-0.25, -0.2) is 0 Å². The largest absolute Gasteiger partial charge is 0.479 e. The zero-order chi connectivity index (χ0) is 25.2. The van der Waals surface area contributed by atoms with E-state index in [1.54, 1.807) is 24.0 Å². The average Bonchev–Trinajstić information content (AvgIpc) is 3.14. The molecule has 2 aromatic carbocycles. The quantitative estimate of drug-likeness (QED) is 0.562. The molecule has 9 heteroatoms. The zero-order valence-electron chi connectivity index (χ0n) is 20.5. The Morgan fingerprint density at radius 2 is 1.75 bits per heavy atom. The Kier molecular flexibility index (Phi) is 6.45. The lowest BCUT2D eigenvalue weighted by Gasteiger charge is -2.33. The van der Waals surface area contributed by atoms with E-state index in [1.165, 1.54) is 15.6 Å². The second kappa shape index (κ2) is 9.85. The van der Waals surface area contributed by atoms with Crippen LogP contribution in [0.3, 0.4) is 0 Å². The lowest BCUT2D eigenvalue weighted by molar-refractivity contribution is -0.133. The predicted molar refractivity (Wildman–Crippen MR) is 137 cm³/mol. The number of para-hydroxylation sites is 2. The van der Waals surface area contributed by atoms with E-state index >= 15 is 0 Å². The van der Waals surface area contributed by atoms with Gasteiger partial charge in [0.15, 0.2) is 6.10 Å². The van der Waals surface area contributed by atoms with E-state index in [4.69, 9.17) is 4.74 Å². The highest BCUT2D eigenvalue weighted by Crippen LogP contribution is 2.33. The van der Waals surface area contributed by atoms with Crippen molar-refractivity contribution >= 4 is 23.3 Å². The van der Waals surface area contributed by atoms with Crippen molar-refractivity contribution in [2.75, 3.05) is 42.5 Å². The normalized spacial score (nSPS) is 17.9. The fourth-order valence-corrected chi connectivity index (χ4v) is 4.59. The van der Waals surface area contributed by atoms with Crippen molar-refractivity contribution in [1.29, 1.82) is 0 Å².